The standard InChI is InChI=1S/C30H33FN6O4S/c1-17(2)36-12-11-21-26(33-24(14-25(38)39)30(4,5)6)34-27(35-29(21)36)23-16-37(28-22(23)13-19(31)15-32-28)42(40,41)20-9-7-18(3)8-10-20/h7-13,15-17,24H,14H2,1-6H3,(H,38,39)(H,33,34,35). The van der Waals surface area contributed by atoms with Crippen molar-refractivity contribution in [2.45, 2.75) is 64.9 Å². The lowest BCUT2D eigenvalue weighted by molar-refractivity contribution is -0.137. The molecule has 220 valence electrons. The van der Waals surface area contributed by atoms with Crippen molar-refractivity contribution in [1.29, 1.82) is 0 Å². The topological polar surface area (TPSA) is 132 Å². The van der Waals surface area contributed by atoms with Crippen molar-refractivity contribution in [3.8, 4) is 11.4 Å². The number of carboxylic acid groups (broad SMARTS) is 1. The Bertz CT molecular complexity index is 1920. The number of carbonyl (C=O) groups is 1. The Hall–Kier alpha value is -4.32. The van der Waals surface area contributed by atoms with Crippen LogP contribution in [0, 0.1) is 18.2 Å². The van der Waals surface area contributed by atoms with Gasteiger partial charge in [-0.1, -0.05) is 38.5 Å². The predicted molar refractivity (Wildman–Crippen MR) is 159 cm³/mol. The van der Waals surface area contributed by atoms with Crippen LogP contribution in [-0.2, 0) is 14.8 Å². The van der Waals surface area contributed by atoms with E-state index in [1.165, 1.54) is 24.4 Å². The summed E-state index contributed by atoms with van der Waals surface area (Å²) >= 11 is 0. The summed E-state index contributed by atoms with van der Waals surface area (Å²) in [6.45, 7) is 11.7. The van der Waals surface area contributed by atoms with Crippen molar-refractivity contribution in [2.75, 3.05) is 5.32 Å². The molecule has 0 spiro atoms. The lowest BCUT2D eigenvalue weighted by atomic mass is 9.84. The zero-order chi connectivity index (χ0) is 30.6. The van der Waals surface area contributed by atoms with E-state index in [-0.39, 0.29) is 39.8 Å². The summed E-state index contributed by atoms with van der Waals surface area (Å²) in [4.78, 5) is 25.5. The number of fused-ring (bicyclic) bond motifs is 2. The number of rotatable bonds is 8. The molecule has 2 N–H and O–H groups in total. The van der Waals surface area contributed by atoms with Gasteiger partial charge >= 0.3 is 5.97 Å². The van der Waals surface area contributed by atoms with Crippen molar-refractivity contribution in [1.82, 2.24) is 23.5 Å². The SMILES string of the molecule is Cc1ccc(S(=O)(=O)n2cc(-c3nc(NC(CC(=O)O)C(C)(C)C)c4ccn(C(C)C)c4n3)c3cc(F)cnc32)cc1. The Morgan fingerprint density at radius 2 is 1.76 bits per heavy atom. The third-order valence-electron chi connectivity index (χ3n) is 7.26. The van der Waals surface area contributed by atoms with E-state index in [0.29, 0.717) is 16.9 Å². The van der Waals surface area contributed by atoms with E-state index in [0.717, 1.165) is 15.7 Å². The maximum absolute atomic E-state index is 14.5. The fraction of sp³-hybridized carbons (Fsp3) is 0.333. The molecule has 5 rings (SSSR count). The van der Waals surface area contributed by atoms with E-state index in [1.54, 1.807) is 12.1 Å². The average molecular weight is 593 g/mol. The van der Waals surface area contributed by atoms with Crippen LogP contribution in [-0.4, -0.2) is 49.0 Å². The van der Waals surface area contributed by atoms with Gasteiger partial charge in [0.05, 0.1) is 22.9 Å². The van der Waals surface area contributed by atoms with E-state index in [9.17, 15) is 22.7 Å². The number of aliphatic carboxylic acids is 1. The molecule has 12 heteroatoms. The Balaban J connectivity index is 1.77. The molecule has 4 heterocycles. The summed E-state index contributed by atoms with van der Waals surface area (Å²) in [6.07, 6.45) is 4.04. The van der Waals surface area contributed by atoms with Crippen LogP contribution < -0.4 is 5.32 Å². The van der Waals surface area contributed by atoms with Gasteiger partial charge in [-0.15, -0.1) is 0 Å². The van der Waals surface area contributed by atoms with Gasteiger partial charge in [0.1, 0.15) is 17.3 Å². The normalized spacial score (nSPS) is 13.2. The van der Waals surface area contributed by atoms with Crippen molar-refractivity contribution in [2.24, 2.45) is 5.41 Å². The van der Waals surface area contributed by atoms with Gasteiger partial charge in [0, 0.05) is 35.4 Å². The minimum atomic E-state index is -4.11. The van der Waals surface area contributed by atoms with Crippen LogP contribution in [0.2, 0.25) is 0 Å². The third kappa shape index (κ3) is 5.34. The second kappa shape index (κ2) is 10.5. The molecule has 0 bridgehead atoms. The highest BCUT2D eigenvalue weighted by molar-refractivity contribution is 7.90. The molecule has 0 saturated heterocycles. The van der Waals surface area contributed by atoms with Crippen LogP contribution in [0.5, 0.6) is 0 Å². The molecule has 0 radical (unpaired) electrons. The number of anilines is 1. The van der Waals surface area contributed by atoms with E-state index >= 15 is 0 Å². The molecular formula is C30H33FN6O4S. The average Bonchev–Trinajstić information content (AvgIpc) is 3.50. The van der Waals surface area contributed by atoms with E-state index in [2.05, 4.69) is 10.3 Å². The number of pyridine rings is 1. The molecule has 0 aliphatic heterocycles. The van der Waals surface area contributed by atoms with Gasteiger partial charge in [-0.2, -0.15) is 0 Å². The Labute approximate surface area is 243 Å². The minimum absolute atomic E-state index is 0.0258. The molecule has 0 aliphatic carbocycles. The maximum Gasteiger partial charge on any atom is 0.305 e. The highest BCUT2D eigenvalue weighted by Crippen LogP contribution is 2.35. The molecule has 0 saturated carbocycles. The van der Waals surface area contributed by atoms with E-state index < -0.39 is 33.3 Å². The van der Waals surface area contributed by atoms with E-state index in [1.807, 2.05) is 58.4 Å². The molecule has 5 aromatic rings. The summed E-state index contributed by atoms with van der Waals surface area (Å²) < 4.78 is 45.0. The first-order chi connectivity index (χ1) is 19.7. The Morgan fingerprint density at radius 1 is 1.07 bits per heavy atom. The summed E-state index contributed by atoms with van der Waals surface area (Å²) in [6, 6.07) is 9.01. The van der Waals surface area contributed by atoms with Gasteiger partial charge < -0.3 is 15.0 Å². The smallest absolute Gasteiger partial charge is 0.305 e. The third-order valence-corrected chi connectivity index (χ3v) is 8.92. The van der Waals surface area contributed by atoms with Crippen molar-refractivity contribution < 1.29 is 22.7 Å². The van der Waals surface area contributed by atoms with Crippen LogP contribution in [0.1, 0.15) is 52.6 Å². The summed E-state index contributed by atoms with van der Waals surface area (Å²) in [7, 11) is -4.11. The summed E-state index contributed by atoms with van der Waals surface area (Å²) in [5.41, 5.74) is 1.31. The molecule has 1 unspecified atom stereocenters. The zero-order valence-electron chi connectivity index (χ0n) is 24.3. The number of nitrogens with one attached hydrogen (secondary N) is 1. The monoisotopic (exact) mass is 592 g/mol. The van der Waals surface area contributed by atoms with Crippen LogP contribution in [0.3, 0.4) is 0 Å². The minimum Gasteiger partial charge on any atom is -0.481 e. The number of aromatic nitrogens is 5. The second-order valence-electron chi connectivity index (χ2n) is 11.8. The summed E-state index contributed by atoms with van der Waals surface area (Å²) in [5, 5.41) is 13.8. The van der Waals surface area contributed by atoms with Crippen molar-refractivity contribution in [3.63, 3.8) is 0 Å². The number of halogens is 1. The van der Waals surface area contributed by atoms with Crippen molar-refractivity contribution >= 4 is 43.9 Å². The Kier molecular flexibility index (Phi) is 7.30. The molecule has 10 nitrogen and oxygen atoms in total. The first-order valence-corrected chi connectivity index (χ1v) is 15.0. The second-order valence-corrected chi connectivity index (χ2v) is 13.6. The van der Waals surface area contributed by atoms with E-state index in [4.69, 9.17) is 9.97 Å². The fourth-order valence-electron chi connectivity index (χ4n) is 4.83. The highest BCUT2D eigenvalue weighted by Gasteiger charge is 2.30. The molecule has 42 heavy (non-hydrogen) atoms. The van der Waals surface area contributed by atoms with Crippen LogP contribution in [0.25, 0.3) is 33.5 Å². The van der Waals surface area contributed by atoms with Gasteiger partial charge in [-0.25, -0.2) is 31.7 Å². The highest BCUT2D eigenvalue weighted by atomic mass is 32.2. The van der Waals surface area contributed by atoms with Gasteiger partial charge in [-0.05, 0) is 50.5 Å². The number of nitrogens with zero attached hydrogens (tertiary/aromatic N) is 5. The Morgan fingerprint density at radius 3 is 2.38 bits per heavy atom. The predicted octanol–water partition coefficient (Wildman–Crippen LogP) is 6.01. The molecule has 0 fully saturated rings. The van der Waals surface area contributed by atoms with Crippen LogP contribution in [0.15, 0.2) is 59.9 Å². The van der Waals surface area contributed by atoms with Gasteiger partial charge in [0.2, 0.25) is 0 Å². The molecule has 0 aliphatic rings. The molecule has 0 amide bonds. The largest absolute Gasteiger partial charge is 0.481 e. The lowest BCUT2D eigenvalue weighted by Crippen LogP contribution is -2.36. The maximum atomic E-state index is 14.5. The lowest BCUT2D eigenvalue weighted by Gasteiger charge is -2.31. The van der Waals surface area contributed by atoms with Crippen LogP contribution >= 0.6 is 0 Å². The van der Waals surface area contributed by atoms with Crippen LogP contribution in [0.4, 0.5) is 10.2 Å². The number of hydrogen-bond acceptors (Lipinski definition) is 7. The van der Waals surface area contributed by atoms with Gasteiger partial charge in [0.25, 0.3) is 10.0 Å². The summed E-state index contributed by atoms with van der Waals surface area (Å²) in [5.74, 6) is -1.07. The zero-order valence-corrected chi connectivity index (χ0v) is 25.1. The number of aryl methyl sites for hydroxylation is 1. The molecule has 1 atom stereocenters. The molecular weight excluding hydrogens is 559 g/mol. The fourth-order valence-corrected chi connectivity index (χ4v) is 6.16. The molecule has 1 aromatic carbocycles. The van der Waals surface area contributed by atoms with Gasteiger partial charge in [-0.3, -0.25) is 4.79 Å². The number of hydrogen-bond donors (Lipinski definition) is 2. The first kappa shape index (κ1) is 29.2. The molecule has 4 aromatic heterocycles. The number of benzene rings is 1. The quantitative estimate of drug-likeness (QED) is 0.224. The van der Waals surface area contributed by atoms with Crippen molar-refractivity contribution in [3.05, 3.63) is 66.4 Å². The number of carboxylic acids is 1. The van der Waals surface area contributed by atoms with Gasteiger partial charge in [0.15, 0.2) is 11.5 Å². The first-order valence-electron chi connectivity index (χ1n) is 13.5.